The van der Waals surface area contributed by atoms with Crippen LogP contribution >= 0.6 is 0 Å². The molecule has 2 aliphatic carbocycles. The van der Waals surface area contributed by atoms with Crippen molar-refractivity contribution in [2.45, 2.75) is 65.3 Å². The summed E-state index contributed by atoms with van der Waals surface area (Å²) in [6, 6.07) is 0.358. The fourth-order valence-corrected chi connectivity index (χ4v) is 4.19. The van der Waals surface area contributed by atoms with E-state index in [1.807, 2.05) is 11.7 Å². The van der Waals surface area contributed by atoms with Gasteiger partial charge < -0.3 is 5.32 Å². The molecule has 1 saturated carbocycles. The van der Waals surface area contributed by atoms with Gasteiger partial charge in [-0.05, 0) is 56.4 Å². The van der Waals surface area contributed by atoms with Crippen LogP contribution in [-0.4, -0.2) is 21.7 Å². The van der Waals surface area contributed by atoms with Crippen LogP contribution < -0.4 is 5.32 Å². The summed E-state index contributed by atoms with van der Waals surface area (Å²) in [5.41, 5.74) is 4.58. The van der Waals surface area contributed by atoms with Gasteiger partial charge >= 0.3 is 0 Å². The first-order valence-electron chi connectivity index (χ1n) is 8.96. The van der Waals surface area contributed by atoms with E-state index in [0.29, 0.717) is 6.04 Å². The van der Waals surface area contributed by atoms with Crippen molar-refractivity contribution in [2.75, 3.05) is 0 Å². The normalized spacial score (nSPS) is 28.3. The average Bonchev–Trinajstić information content (AvgIpc) is 2.75. The average molecular weight is 315 g/mol. The van der Waals surface area contributed by atoms with Gasteiger partial charge in [0.05, 0.1) is 5.69 Å². The molecule has 1 aromatic rings. The summed E-state index contributed by atoms with van der Waals surface area (Å²) >= 11 is 0. The Kier molecular flexibility index (Phi) is 4.60. The van der Waals surface area contributed by atoms with E-state index in [1.165, 1.54) is 24.0 Å². The van der Waals surface area contributed by atoms with Crippen molar-refractivity contribution in [1.82, 2.24) is 15.1 Å². The molecule has 1 fully saturated rings. The van der Waals surface area contributed by atoms with Gasteiger partial charge in [-0.1, -0.05) is 19.4 Å². The Morgan fingerprint density at radius 1 is 1.26 bits per heavy atom. The summed E-state index contributed by atoms with van der Waals surface area (Å²) in [6.45, 7) is 6.57. The van der Waals surface area contributed by atoms with Crippen LogP contribution in [0.15, 0.2) is 17.3 Å². The zero-order valence-electron chi connectivity index (χ0n) is 14.9. The molecule has 1 heterocycles. The van der Waals surface area contributed by atoms with Crippen LogP contribution in [-0.2, 0) is 24.7 Å². The van der Waals surface area contributed by atoms with Crippen molar-refractivity contribution < 1.29 is 4.79 Å². The second kappa shape index (κ2) is 6.50. The van der Waals surface area contributed by atoms with Gasteiger partial charge in [0.15, 0.2) is 0 Å². The number of hydrogen-bond acceptors (Lipinski definition) is 2. The molecule has 1 N–H and O–H groups in total. The van der Waals surface area contributed by atoms with Gasteiger partial charge in [0.2, 0.25) is 5.91 Å². The van der Waals surface area contributed by atoms with Gasteiger partial charge in [0.1, 0.15) is 0 Å². The molecule has 23 heavy (non-hydrogen) atoms. The minimum atomic E-state index is 0.157. The third kappa shape index (κ3) is 3.51. The number of allylic oxidation sites excluding steroid dienone is 1. The molecule has 0 spiro atoms. The monoisotopic (exact) mass is 315 g/mol. The van der Waals surface area contributed by atoms with Crippen molar-refractivity contribution in [3.05, 3.63) is 28.6 Å². The van der Waals surface area contributed by atoms with Gasteiger partial charge in [0.25, 0.3) is 0 Å². The molecule has 1 atom stereocenters. The molecule has 4 nitrogen and oxygen atoms in total. The van der Waals surface area contributed by atoms with Crippen LogP contribution in [0.25, 0.3) is 0 Å². The summed E-state index contributed by atoms with van der Waals surface area (Å²) in [7, 11) is 1.97. The van der Waals surface area contributed by atoms with Crippen LogP contribution in [0, 0.1) is 11.8 Å². The van der Waals surface area contributed by atoms with Crippen molar-refractivity contribution in [2.24, 2.45) is 18.9 Å². The lowest BCUT2D eigenvalue weighted by Crippen LogP contribution is -2.39. The molecule has 0 bridgehead atoms. The fraction of sp³-hybridized carbons (Fsp3) is 0.684. The SMILES string of the molecule is CC1=C(C(=O)NC2CCC(C)CC2)C(C)Cc2cn(C)nc2C1. The number of carbonyl (C=O) groups excluding carboxylic acids is 1. The fourth-order valence-electron chi connectivity index (χ4n) is 4.19. The van der Waals surface area contributed by atoms with Crippen LogP contribution in [0.1, 0.15) is 57.7 Å². The number of amides is 1. The molecule has 126 valence electrons. The maximum absolute atomic E-state index is 12.9. The van der Waals surface area contributed by atoms with E-state index in [-0.39, 0.29) is 11.8 Å². The Labute approximate surface area is 139 Å². The summed E-state index contributed by atoms with van der Waals surface area (Å²) in [6.07, 6.45) is 8.51. The molecule has 1 aromatic heterocycles. The number of nitrogens with one attached hydrogen (secondary N) is 1. The van der Waals surface area contributed by atoms with E-state index < -0.39 is 0 Å². The van der Waals surface area contributed by atoms with Crippen molar-refractivity contribution in [3.63, 3.8) is 0 Å². The molecular formula is C19H29N3O. The maximum atomic E-state index is 12.9. The first-order chi connectivity index (χ1) is 10.9. The van der Waals surface area contributed by atoms with E-state index in [9.17, 15) is 4.79 Å². The van der Waals surface area contributed by atoms with Crippen molar-refractivity contribution >= 4 is 5.91 Å². The lowest BCUT2D eigenvalue weighted by molar-refractivity contribution is -0.119. The smallest absolute Gasteiger partial charge is 0.247 e. The molecule has 0 radical (unpaired) electrons. The lowest BCUT2D eigenvalue weighted by Gasteiger charge is -2.28. The van der Waals surface area contributed by atoms with E-state index in [1.54, 1.807) is 0 Å². The summed E-state index contributed by atoms with van der Waals surface area (Å²) < 4.78 is 1.89. The van der Waals surface area contributed by atoms with Gasteiger partial charge in [-0.25, -0.2) is 0 Å². The Bertz CT molecular complexity index is 621. The number of fused-ring (bicyclic) bond motifs is 1. The van der Waals surface area contributed by atoms with E-state index in [4.69, 9.17) is 0 Å². The largest absolute Gasteiger partial charge is 0.350 e. The number of hydrogen-bond donors (Lipinski definition) is 1. The van der Waals surface area contributed by atoms with E-state index in [0.717, 1.165) is 42.9 Å². The predicted octanol–water partition coefficient (Wildman–Crippen LogP) is 3.17. The molecule has 0 aliphatic heterocycles. The van der Waals surface area contributed by atoms with Crippen LogP contribution in [0.4, 0.5) is 0 Å². The highest BCUT2D eigenvalue weighted by Crippen LogP contribution is 2.29. The highest BCUT2D eigenvalue weighted by Gasteiger charge is 2.28. The minimum absolute atomic E-state index is 0.157. The topological polar surface area (TPSA) is 46.9 Å². The molecule has 3 rings (SSSR count). The van der Waals surface area contributed by atoms with Crippen LogP contribution in [0.5, 0.6) is 0 Å². The molecule has 2 aliphatic rings. The summed E-state index contributed by atoms with van der Waals surface area (Å²) in [4.78, 5) is 12.9. The van der Waals surface area contributed by atoms with Crippen LogP contribution in [0.2, 0.25) is 0 Å². The lowest BCUT2D eigenvalue weighted by atomic mass is 9.86. The number of aryl methyl sites for hydroxylation is 1. The predicted molar refractivity (Wildman–Crippen MR) is 92.0 cm³/mol. The first-order valence-corrected chi connectivity index (χ1v) is 8.96. The Morgan fingerprint density at radius 2 is 1.96 bits per heavy atom. The van der Waals surface area contributed by atoms with E-state index in [2.05, 4.69) is 37.4 Å². The molecular weight excluding hydrogens is 286 g/mol. The van der Waals surface area contributed by atoms with Crippen LogP contribution in [0.3, 0.4) is 0 Å². The second-order valence-corrected chi connectivity index (χ2v) is 7.68. The van der Waals surface area contributed by atoms with Crippen molar-refractivity contribution in [3.8, 4) is 0 Å². The highest BCUT2D eigenvalue weighted by molar-refractivity contribution is 5.95. The third-order valence-electron chi connectivity index (χ3n) is 5.50. The molecule has 1 unspecified atom stereocenters. The number of aromatic nitrogens is 2. The highest BCUT2D eigenvalue weighted by atomic mass is 16.1. The zero-order valence-corrected chi connectivity index (χ0v) is 14.9. The zero-order chi connectivity index (χ0) is 16.6. The van der Waals surface area contributed by atoms with Gasteiger partial charge in [-0.15, -0.1) is 0 Å². The molecule has 0 saturated heterocycles. The Balaban J connectivity index is 1.74. The van der Waals surface area contributed by atoms with Crippen molar-refractivity contribution in [1.29, 1.82) is 0 Å². The summed E-state index contributed by atoms with van der Waals surface area (Å²) in [5, 5.41) is 7.87. The Morgan fingerprint density at radius 3 is 2.65 bits per heavy atom. The van der Waals surface area contributed by atoms with E-state index >= 15 is 0 Å². The second-order valence-electron chi connectivity index (χ2n) is 7.68. The van der Waals surface area contributed by atoms with Gasteiger partial charge in [0, 0.05) is 31.3 Å². The molecule has 4 heteroatoms. The standard InChI is InChI=1S/C19H29N3O/c1-12-5-7-16(8-6-12)20-19(23)18-13(2)9-15-11-22(4)21-17(15)10-14(18)3/h11-13,16H,5-10H2,1-4H3,(H,20,23). The summed E-state index contributed by atoms with van der Waals surface area (Å²) in [5.74, 6) is 1.22. The number of nitrogens with zero attached hydrogens (tertiary/aromatic N) is 2. The molecule has 0 aromatic carbocycles. The quantitative estimate of drug-likeness (QED) is 0.911. The molecule has 1 amide bonds. The van der Waals surface area contributed by atoms with Gasteiger partial charge in [-0.2, -0.15) is 5.10 Å². The number of carbonyl (C=O) groups is 1. The third-order valence-corrected chi connectivity index (χ3v) is 5.50. The Hall–Kier alpha value is -1.58. The van der Waals surface area contributed by atoms with Gasteiger partial charge in [-0.3, -0.25) is 9.48 Å². The first kappa shape index (κ1) is 16.3. The minimum Gasteiger partial charge on any atom is -0.350 e. The maximum Gasteiger partial charge on any atom is 0.247 e. The number of rotatable bonds is 2.